The zero-order valence-electron chi connectivity index (χ0n) is 13.4. The number of carbonyl (C=O) groups is 1. The Morgan fingerprint density at radius 2 is 1.79 bits per heavy atom. The molecular weight excluding hydrogens is 328 g/mol. The summed E-state index contributed by atoms with van der Waals surface area (Å²) >= 11 is 0. The minimum Gasteiger partial charge on any atom is -0.493 e. The first kappa shape index (κ1) is 17.9. The van der Waals surface area contributed by atoms with Crippen LogP contribution in [-0.2, 0) is 21.1 Å². The van der Waals surface area contributed by atoms with E-state index in [1.54, 1.807) is 36.7 Å². The Bertz CT molecular complexity index is 759. The van der Waals surface area contributed by atoms with Gasteiger partial charge in [-0.15, -0.1) is 0 Å². The summed E-state index contributed by atoms with van der Waals surface area (Å²) in [6.45, 7) is 0.108. The number of carbonyl (C=O) groups excluding carboxylic acids is 1. The lowest BCUT2D eigenvalue weighted by atomic mass is 10.1. The maximum atomic E-state index is 11.9. The molecule has 2 rings (SSSR count). The van der Waals surface area contributed by atoms with E-state index in [2.05, 4.69) is 10.3 Å². The number of ether oxygens (including phenoxy) is 1. The van der Waals surface area contributed by atoms with Gasteiger partial charge in [0.2, 0.25) is 5.91 Å². The summed E-state index contributed by atoms with van der Waals surface area (Å²) in [5.41, 5.74) is 1.74. The number of pyridine rings is 1. The van der Waals surface area contributed by atoms with Gasteiger partial charge in [0.05, 0.1) is 5.75 Å². The third-order valence-electron chi connectivity index (χ3n) is 3.25. The van der Waals surface area contributed by atoms with Crippen molar-refractivity contribution in [3.8, 4) is 5.75 Å². The zero-order chi connectivity index (χ0) is 17.4. The number of hydrogen-bond donors (Lipinski definition) is 1. The van der Waals surface area contributed by atoms with Crippen LogP contribution in [0.15, 0.2) is 48.8 Å². The summed E-state index contributed by atoms with van der Waals surface area (Å²) in [6, 6.07) is 10.6. The lowest BCUT2D eigenvalue weighted by molar-refractivity contribution is -0.116. The first-order valence-electron chi connectivity index (χ1n) is 7.52. The number of anilines is 1. The van der Waals surface area contributed by atoms with Crippen molar-refractivity contribution in [1.29, 1.82) is 0 Å². The Morgan fingerprint density at radius 1 is 1.12 bits per heavy atom. The largest absolute Gasteiger partial charge is 0.493 e. The standard InChI is InChI=1S/C17H20N2O4S/c1-24(21,22)13-12-23-16-5-3-15(4-6-16)19-17(20)7-2-14-8-10-18-11-9-14/h3-6,8-11H,2,7,12-13H2,1H3,(H,19,20). The van der Waals surface area contributed by atoms with E-state index in [1.165, 1.54) is 6.26 Å². The molecule has 0 bridgehead atoms. The number of aromatic nitrogens is 1. The van der Waals surface area contributed by atoms with Crippen LogP contribution in [-0.4, -0.2) is 37.9 Å². The summed E-state index contributed by atoms with van der Waals surface area (Å²) < 4.78 is 27.4. The van der Waals surface area contributed by atoms with E-state index < -0.39 is 9.84 Å². The van der Waals surface area contributed by atoms with E-state index in [0.717, 1.165) is 5.56 Å². The van der Waals surface area contributed by atoms with Crippen molar-refractivity contribution in [3.05, 3.63) is 54.4 Å². The van der Waals surface area contributed by atoms with Crippen LogP contribution in [0.25, 0.3) is 0 Å². The molecule has 0 aliphatic heterocycles. The Balaban J connectivity index is 1.77. The molecule has 6 nitrogen and oxygen atoms in total. The first-order valence-corrected chi connectivity index (χ1v) is 9.58. The summed E-state index contributed by atoms with van der Waals surface area (Å²) in [6.07, 6.45) is 5.62. The SMILES string of the molecule is CS(=O)(=O)CCOc1ccc(NC(=O)CCc2ccncc2)cc1. The molecule has 1 aromatic carbocycles. The highest BCUT2D eigenvalue weighted by Gasteiger charge is 2.05. The molecule has 24 heavy (non-hydrogen) atoms. The fourth-order valence-electron chi connectivity index (χ4n) is 1.98. The summed E-state index contributed by atoms with van der Waals surface area (Å²) in [7, 11) is -3.03. The van der Waals surface area contributed by atoms with Gasteiger partial charge in [-0.3, -0.25) is 9.78 Å². The van der Waals surface area contributed by atoms with Crippen molar-refractivity contribution in [2.75, 3.05) is 23.9 Å². The lowest BCUT2D eigenvalue weighted by Gasteiger charge is -2.08. The molecule has 0 radical (unpaired) electrons. The predicted octanol–water partition coefficient (Wildman–Crippen LogP) is 2.08. The number of hydrogen-bond acceptors (Lipinski definition) is 5. The fourth-order valence-corrected chi connectivity index (χ4v) is 2.36. The maximum absolute atomic E-state index is 11.9. The van der Waals surface area contributed by atoms with Gasteiger partial charge in [-0.05, 0) is 48.4 Å². The van der Waals surface area contributed by atoms with Crippen LogP contribution < -0.4 is 10.1 Å². The molecule has 7 heteroatoms. The zero-order valence-corrected chi connectivity index (χ0v) is 14.3. The second kappa shape index (κ2) is 8.44. The van der Waals surface area contributed by atoms with Gasteiger partial charge in [0.1, 0.15) is 12.4 Å². The Kier molecular flexibility index (Phi) is 6.31. The van der Waals surface area contributed by atoms with Gasteiger partial charge >= 0.3 is 0 Å². The molecule has 0 saturated carbocycles. The molecule has 128 valence electrons. The third kappa shape index (κ3) is 6.78. The molecular formula is C17H20N2O4S. The summed E-state index contributed by atoms with van der Waals surface area (Å²) in [5, 5.41) is 2.81. The first-order chi connectivity index (χ1) is 11.4. The quantitative estimate of drug-likeness (QED) is 0.789. The second-order valence-electron chi connectivity index (χ2n) is 5.41. The Labute approximate surface area is 141 Å². The molecule has 1 amide bonds. The molecule has 0 aliphatic carbocycles. The summed E-state index contributed by atoms with van der Waals surface area (Å²) in [4.78, 5) is 15.9. The molecule has 2 aromatic rings. The molecule has 1 N–H and O–H groups in total. The molecule has 0 saturated heterocycles. The van der Waals surface area contributed by atoms with Crippen molar-refractivity contribution in [2.24, 2.45) is 0 Å². The number of nitrogens with one attached hydrogen (secondary N) is 1. The van der Waals surface area contributed by atoms with Gasteiger partial charge in [-0.25, -0.2) is 8.42 Å². The minimum absolute atomic E-state index is 0.0273. The number of nitrogens with zero attached hydrogens (tertiary/aromatic N) is 1. The normalized spacial score (nSPS) is 11.0. The van der Waals surface area contributed by atoms with Crippen LogP contribution in [0.3, 0.4) is 0 Å². The molecule has 1 heterocycles. The van der Waals surface area contributed by atoms with Crippen LogP contribution in [0.4, 0.5) is 5.69 Å². The molecule has 0 atom stereocenters. The summed E-state index contributed by atoms with van der Waals surface area (Å²) in [5.74, 6) is 0.464. The smallest absolute Gasteiger partial charge is 0.224 e. The number of sulfone groups is 1. The van der Waals surface area contributed by atoms with Crippen molar-refractivity contribution in [3.63, 3.8) is 0 Å². The van der Waals surface area contributed by atoms with Crippen molar-refractivity contribution in [1.82, 2.24) is 4.98 Å². The molecule has 0 unspecified atom stereocenters. The number of rotatable bonds is 8. The molecule has 1 aromatic heterocycles. The topological polar surface area (TPSA) is 85.4 Å². The van der Waals surface area contributed by atoms with Crippen LogP contribution in [0.1, 0.15) is 12.0 Å². The van der Waals surface area contributed by atoms with Gasteiger partial charge in [0, 0.05) is 30.8 Å². The minimum atomic E-state index is -3.03. The van der Waals surface area contributed by atoms with E-state index in [4.69, 9.17) is 4.74 Å². The average molecular weight is 348 g/mol. The van der Waals surface area contributed by atoms with Crippen molar-refractivity contribution < 1.29 is 17.9 Å². The van der Waals surface area contributed by atoms with E-state index in [0.29, 0.717) is 24.3 Å². The van der Waals surface area contributed by atoms with Crippen molar-refractivity contribution >= 4 is 21.4 Å². The van der Waals surface area contributed by atoms with Gasteiger partial charge < -0.3 is 10.1 Å². The maximum Gasteiger partial charge on any atom is 0.224 e. The highest BCUT2D eigenvalue weighted by atomic mass is 32.2. The highest BCUT2D eigenvalue weighted by Crippen LogP contribution is 2.16. The van der Waals surface area contributed by atoms with Gasteiger partial charge in [-0.2, -0.15) is 0 Å². The molecule has 0 aliphatic rings. The number of aryl methyl sites for hydroxylation is 1. The van der Waals surface area contributed by atoms with Crippen LogP contribution in [0.5, 0.6) is 5.75 Å². The van der Waals surface area contributed by atoms with Crippen molar-refractivity contribution in [2.45, 2.75) is 12.8 Å². The van der Waals surface area contributed by atoms with Gasteiger partial charge in [0.25, 0.3) is 0 Å². The Morgan fingerprint density at radius 3 is 2.42 bits per heavy atom. The van der Waals surface area contributed by atoms with Crippen LogP contribution in [0.2, 0.25) is 0 Å². The highest BCUT2D eigenvalue weighted by molar-refractivity contribution is 7.90. The molecule has 0 spiro atoms. The number of amides is 1. The monoisotopic (exact) mass is 348 g/mol. The van der Waals surface area contributed by atoms with E-state index >= 15 is 0 Å². The van der Waals surface area contributed by atoms with Gasteiger partial charge in [-0.1, -0.05) is 0 Å². The van der Waals surface area contributed by atoms with E-state index in [-0.39, 0.29) is 18.3 Å². The Hall–Kier alpha value is -2.41. The van der Waals surface area contributed by atoms with Crippen LogP contribution in [0, 0.1) is 0 Å². The molecule has 0 fully saturated rings. The average Bonchev–Trinajstić information content (AvgIpc) is 2.54. The third-order valence-corrected chi connectivity index (χ3v) is 4.16. The fraction of sp³-hybridized carbons (Fsp3) is 0.294. The predicted molar refractivity (Wildman–Crippen MR) is 92.8 cm³/mol. The second-order valence-corrected chi connectivity index (χ2v) is 7.67. The van der Waals surface area contributed by atoms with E-state index in [9.17, 15) is 13.2 Å². The van der Waals surface area contributed by atoms with E-state index in [1.807, 2.05) is 12.1 Å². The van der Waals surface area contributed by atoms with Crippen LogP contribution >= 0.6 is 0 Å². The number of benzene rings is 1. The van der Waals surface area contributed by atoms with Gasteiger partial charge in [0.15, 0.2) is 9.84 Å². The lowest BCUT2D eigenvalue weighted by Crippen LogP contribution is -2.13.